The van der Waals surface area contributed by atoms with Gasteiger partial charge in [0.2, 0.25) is 0 Å². The summed E-state index contributed by atoms with van der Waals surface area (Å²) in [7, 11) is 0. The second-order valence-electron chi connectivity index (χ2n) is 3.68. The number of ether oxygens (including phenoxy) is 1. The van der Waals surface area contributed by atoms with Crippen LogP contribution in [0.15, 0.2) is 30.6 Å². The molecule has 0 amide bonds. The third kappa shape index (κ3) is 2.83. The number of halogens is 2. The first-order chi connectivity index (χ1) is 8.58. The highest BCUT2D eigenvalue weighted by Crippen LogP contribution is 2.24. The molecule has 0 saturated carbocycles. The van der Waals surface area contributed by atoms with Crippen LogP contribution in [0.5, 0.6) is 0 Å². The molecular formula is C12H10Cl2N2O2. The molecule has 4 nitrogen and oxygen atoms in total. The number of rotatable bonds is 3. The van der Waals surface area contributed by atoms with Gasteiger partial charge in [0.15, 0.2) is 0 Å². The van der Waals surface area contributed by atoms with Crippen molar-refractivity contribution in [3.8, 4) is 0 Å². The van der Waals surface area contributed by atoms with E-state index in [0.717, 1.165) is 5.56 Å². The van der Waals surface area contributed by atoms with Crippen LogP contribution in [0.1, 0.15) is 29.1 Å². The summed E-state index contributed by atoms with van der Waals surface area (Å²) in [6.45, 7) is 1.76. The summed E-state index contributed by atoms with van der Waals surface area (Å²) in [5.41, 5.74) is 1.04. The number of carbonyl (C=O) groups is 1. The minimum atomic E-state index is -0.514. The Labute approximate surface area is 114 Å². The minimum Gasteiger partial charge on any atom is -0.453 e. The smallest absolute Gasteiger partial charge is 0.355 e. The van der Waals surface area contributed by atoms with Gasteiger partial charge in [-0.25, -0.2) is 4.79 Å². The van der Waals surface area contributed by atoms with Crippen LogP contribution in [0.25, 0.3) is 0 Å². The molecule has 0 aliphatic rings. The number of hydrogen-bond acceptors (Lipinski definition) is 3. The minimum absolute atomic E-state index is 0.220. The van der Waals surface area contributed by atoms with E-state index in [9.17, 15) is 4.79 Å². The molecule has 0 aliphatic carbocycles. The normalized spacial score (nSPS) is 12.2. The summed E-state index contributed by atoms with van der Waals surface area (Å²) >= 11 is 11.5. The highest BCUT2D eigenvalue weighted by molar-refractivity contribution is 6.41. The highest BCUT2D eigenvalue weighted by Gasteiger charge is 2.16. The number of carbonyl (C=O) groups excluding carboxylic acids is 1. The molecule has 18 heavy (non-hydrogen) atoms. The van der Waals surface area contributed by atoms with E-state index in [4.69, 9.17) is 27.9 Å². The number of H-pyrrole nitrogens is 1. The van der Waals surface area contributed by atoms with Gasteiger partial charge in [-0.1, -0.05) is 29.3 Å². The maximum Gasteiger partial charge on any atom is 0.355 e. The lowest BCUT2D eigenvalue weighted by molar-refractivity contribution is 0.0331. The second kappa shape index (κ2) is 5.42. The largest absolute Gasteiger partial charge is 0.453 e. The Morgan fingerprint density at radius 3 is 2.83 bits per heavy atom. The molecule has 0 bridgehead atoms. The predicted octanol–water partition coefficient (Wildman–Crippen LogP) is 3.63. The quantitative estimate of drug-likeness (QED) is 0.876. The Balaban J connectivity index is 2.08. The molecular weight excluding hydrogens is 275 g/mol. The fourth-order valence-corrected chi connectivity index (χ4v) is 1.74. The summed E-state index contributed by atoms with van der Waals surface area (Å²) in [5.74, 6) is -0.514. The van der Waals surface area contributed by atoms with Crippen molar-refractivity contribution in [2.45, 2.75) is 13.0 Å². The van der Waals surface area contributed by atoms with Crippen LogP contribution in [-0.4, -0.2) is 15.9 Å². The summed E-state index contributed by atoms with van der Waals surface area (Å²) < 4.78 is 5.26. The molecule has 1 unspecified atom stereocenters. The SMILES string of the molecule is CC(OC(=O)c1cc(Cl)c(Cl)[nH]1)c1cccnc1. The lowest BCUT2D eigenvalue weighted by Crippen LogP contribution is -2.09. The predicted molar refractivity (Wildman–Crippen MR) is 68.9 cm³/mol. The van der Waals surface area contributed by atoms with Gasteiger partial charge in [0.25, 0.3) is 0 Å². The first-order valence-corrected chi connectivity index (χ1v) is 5.98. The van der Waals surface area contributed by atoms with Crippen LogP contribution in [0.4, 0.5) is 0 Å². The zero-order chi connectivity index (χ0) is 13.1. The van der Waals surface area contributed by atoms with E-state index < -0.39 is 12.1 Å². The van der Waals surface area contributed by atoms with E-state index in [1.54, 1.807) is 25.4 Å². The fourth-order valence-electron chi connectivity index (χ4n) is 1.42. The van der Waals surface area contributed by atoms with E-state index in [1.807, 2.05) is 6.07 Å². The molecule has 0 aliphatic heterocycles. The van der Waals surface area contributed by atoms with Crippen molar-refractivity contribution in [3.05, 3.63) is 52.0 Å². The van der Waals surface area contributed by atoms with Gasteiger partial charge < -0.3 is 9.72 Å². The number of esters is 1. The van der Waals surface area contributed by atoms with Crippen LogP contribution in [0.2, 0.25) is 10.2 Å². The van der Waals surface area contributed by atoms with Crippen molar-refractivity contribution in [2.24, 2.45) is 0 Å². The number of nitrogens with zero attached hydrogens (tertiary/aromatic N) is 1. The standard InChI is InChI=1S/C12H10Cl2N2O2/c1-7(8-3-2-4-15-6-8)18-12(17)10-5-9(13)11(14)16-10/h2-7,16H,1H3. The zero-order valence-corrected chi connectivity index (χ0v) is 11.0. The maximum atomic E-state index is 11.8. The maximum absolute atomic E-state index is 11.8. The Morgan fingerprint density at radius 1 is 1.50 bits per heavy atom. The average molecular weight is 285 g/mol. The monoisotopic (exact) mass is 284 g/mol. The molecule has 2 rings (SSSR count). The molecule has 2 aromatic rings. The van der Waals surface area contributed by atoms with Gasteiger partial charge in [-0.15, -0.1) is 0 Å². The lowest BCUT2D eigenvalue weighted by atomic mass is 10.2. The number of aromatic nitrogens is 2. The lowest BCUT2D eigenvalue weighted by Gasteiger charge is -2.12. The van der Waals surface area contributed by atoms with Crippen LogP contribution >= 0.6 is 23.2 Å². The molecule has 1 N–H and O–H groups in total. The van der Waals surface area contributed by atoms with Gasteiger partial charge in [-0.05, 0) is 19.1 Å². The van der Waals surface area contributed by atoms with Gasteiger partial charge in [-0.2, -0.15) is 0 Å². The summed E-state index contributed by atoms with van der Waals surface area (Å²) in [4.78, 5) is 18.4. The summed E-state index contributed by atoms with van der Waals surface area (Å²) in [6, 6.07) is 5.05. The van der Waals surface area contributed by atoms with E-state index in [1.165, 1.54) is 6.07 Å². The molecule has 2 heterocycles. The van der Waals surface area contributed by atoms with Crippen LogP contribution in [-0.2, 0) is 4.74 Å². The van der Waals surface area contributed by atoms with Crippen molar-refractivity contribution >= 4 is 29.2 Å². The summed E-state index contributed by atoms with van der Waals surface area (Å²) in [6.07, 6.45) is 2.90. The van der Waals surface area contributed by atoms with Gasteiger partial charge >= 0.3 is 5.97 Å². The molecule has 6 heteroatoms. The second-order valence-corrected chi connectivity index (χ2v) is 4.46. The first-order valence-electron chi connectivity index (χ1n) is 5.23. The number of hydrogen-bond donors (Lipinski definition) is 1. The van der Waals surface area contributed by atoms with E-state index >= 15 is 0 Å². The molecule has 1 atom stereocenters. The van der Waals surface area contributed by atoms with Gasteiger partial charge in [0.05, 0.1) is 5.02 Å². The van der Waals surface area contributed by atoms with Crippen LogP contribution in [0.3, 0.4) is 0 Å². The third-order valence-electron chi connectivity index (χ3n) is 2.38. The number of nitrogens with one attached hydrogen (secondary N) is 1. The number of pyridine rings is 1. The fraction of sp³-hybridized carbons (Fsp3) is 0.167. The Kier molecular flexibility index (Phi) is 3.89. The Morgan fingerprint density at radius 2 is 2.28 bits per heavy atom. The van der Waals surface area contributed by atoms with Crippen molar-refractivity contribution in [1.29, 1.82) is 0 Å². The topological polar surface area (TPSA) is 55.0 Å². The van der Waals surface area contributed by atoms with Gasteiger partial charge in [0.1, 0.15) is 17.0 Å². The molecule has 0 fully saturated rings. The molecule has 0 aromatic carbocycles. The first kappa shape index (κ1) is 12.9. The van der Waals surface area contributed by atoms with Crippen molar-refractivity contribution < 1.29 is 9.53 Å². The third-order valence-corrected chi connectivity index (χ3v) is 3.08. The Hall–Kier alpha value is -1.52. The molecule has 0 spiro atoms. The molecule has 0 saturated heterocycles. The van der Waals surface area contributed by atoms with Gasteiger partial charge in [0, 0.05) is 18.0 Å². The average Bonchev–Trinajstić information content (AvgIpc) is 2.71. The van der Waals surface area contributed by atoms with Crippen molar-refractivity contribution in [3.63, 3.8) is 0 Å². The molecule has 2 aromatic heterocycles. The van der Waals surface area contributed by atoms with Crippen molar-refractivity contribution in [1.82, 2.24) is 9.97 Å². The van der Waals surface area contributed by atoms with Crippen LogP contribution in [0, 0.1) is 0 Å². The Bertz CT molecular complexity index is 535. The molecule has 94 valence electrons. The summed E-state index contributed by atoms with van der Waals surface area (Å²) in [5, 5.41) is 0.510. The zero-order valence-electron chi connectivity index (χ0n) is 9.48. The molecule has 0 radical (unpaired) electrons. The van der Waals surface area contributed by atoms with Crippen molar-refractivity contribution in [2.75, 3.05) is 0 Å². The van der Waals surface area contributed by atoms with Crippen LogP contribution < -0.4 is 0 Å². The van der Waals surface area contributed by atoms with E-state index in [2.05, 4.69) is 9.97 Å². The highest BCUT2D eigenvalue weighted by atomic mass is 35.5. The van der Waals surface area contributed by atoms with E-state index in [0.29, 0.717) is 0 Å². The van der Waals surface area contributed by atoms with Gasteiger partial charge in [-0.3, -0.25) is 4.98 Å². The number of aromatic amines is 1. The van der Waals surface area contributed by atoms with E-state index in [-0.39, 0.29) is 15.9 Å².